The molecule has 2 aromatic rings. The van der Waals surface area contributed by atoms with Gasteiger partial charge in [0.15, 0.2) is 12.4 Å². The summed E-state index contributed by atoms with van der Waals surface area (Å²) in [5.74, 6) is 1.76. The molecule has 1 fully saturated rings. The normalized spacial score (nSPS) is 17.1. The van der Waals surface area contributed by atoms with Crippen LogP contribution in [0.5, 0.6) is 5.75 Å². The Bertz CT molecular complexity index is 765. The van der Waals surface area contributed by atoms with Crippen LogP contribution >= 0.6 is 0 Å². The van der Waals surface area contributed by atoms with Crippen molar-refractivity contribution in [1.29, 1.82) is 5.26 Å². The lowest BCUT2D eigenvalue weighted by atomic mass is 10.2. The molecule has 130 valence electrons. The van der Waals surface area contributed by atoms with Crippen molar-refractivity contribution >= 4 is 5.91 Å². The first kappa shape index (κ1) is 16.9. The Morgan fingerprint density at radius 1 is 1.48 bits per heavy atom. The Morgan fingerprint density at radius 2 is 2.28 bits per heavy atom. The van der Waals surface area contributed by atoms with Crippen molar-refractivity contribution in [1.82, 2.24) is 20.1 Å². The van der Waals surface area contributed by atoms with Crippen molar-refractivity contribution in [2.75, 3.05) is 26.3 Å². The van der Waals surface area contributed by atoms with Crippen molar-refractivity contribution in [2.24, 2.45) is 0 Å². The number of hydrogen-bond acceptors (Lipinski definition) is 6. The molecule has 1 saturated heterocycles. The molecular weight excluding hydrogens is 322 g/mol. The quantitative estimate of drug-likeness (QED) is 0.875. The lowest BCUT2D eigenvalue weighted by molar-refractivity contribution is -0.141. The molecule has 2 heterocycles. The van der Waals surface area contributed by atoms with E-state index in [0.717, 1.165) is 5.56 Å². The number of hydrogen-bond donors (Lipinski definition) is 1. The summed E-state index contributed by atoms with van der Waals surface area (Å²) in [6.07, 6.45) is 0.0302. The third kappa shape index (κ3) is 4.33. The average Bonchev–Trinajstić information content (AvgIpc) is 3.08. The number of nitriles is 1. The van der Waals surface area contributed by atoms with E-state index in [4.69, 9.17) is 14.7 Å². The van der Waals surface area contributed by atoms with Crippen LogP contribution in [0.4, 0.5) is 0 Å². The molecule has 0 saturated carbocycles. The van der Waals surface area contributed by atoms with Crippen LogP contribution in [0.15, 0.2) is 24.3 Å². The molecule has 1 N–H and O–H groups in total. The smallest absolute Gasteiger partial charge is 0.260 e. The first-order valence-corrected chi connectivity index (χ1v) is 8.02. The van der Waals surface area contributed by atoms with E-state index in [1.54, 1.807) is 17.0 Å². The van der Waals surface area contributed by atoms with Crippen LogP contribution in [-0.2, 0) is 16.0 Å². The van der Waals surface area contributed by atoms with E-state index in [9.17, 15) is 4.79 Å². The third-order valence-electron chi connectivity index (χ3n) is 3.89. The van der Waals surface area contributed by atoms with E-state index in [2.05, 4.69) is 21.3 Å². The van der Waals surface area contributed by atoms with Crippen molar-refractivity contribution in [3.8, 4) is 11.8 Å². The number of aromatic nitrogens is 3. The zero-order valence-corrected chi connectivity index (χ0v) is 13.9. The Kier molecular flexibility index (Phi) is 5.26. The predicted octanol–water partition coefficient (Wildman–Crippen LogP) is 1.16. The Balaban J connectivity index is 1.53. The molecular formula is C17H19N5O3. The molecule has 1 aliphatic rings. The van der Waals surface area contributed by atoms with Crippen LogP contribution in [0.1, 0.15) is 23.3 Å². The summed E-state index contributed by atoms with van der Waals surface area (Å²) in [6.45, 7) is 3.13. The summed E-state index contributed by atoms with van der Waals surface area (Å²) in [5, 5.41) is 15.5. The number of nitrogens with one attached hydrogen (secondary N) is 1. The largest absolute Gasteiger partial charge is 0.484 e. The van der Waals surface area contributed by atoms with Crippen LogP contribution in [-0.4, -0.2) is 52.3 Å². The Labute approximate surface area is 145 Å². The molecule has 0 bridgehead atoms. The first-order valence-electron chi connectivity index (χ1n) is 8.02. The number of carbonyl (C=O) groups is 1. The van der Waals surface area contributed by atoms with Gasteiger partial charge in [-0.2, -0.15) is 10.4 Å². The van der Waals surface area contributed by atoms with Crippen molar-refractivity contribution in [2.45, 2.75) is 19.4 Å². The van der Waals surface area contributed by atoms with Crippen LogP contribution in [0.25, 0.3) is 0 Å². The third-order valence-corrected chi connectivity index (χ3v) is 3.89. The molecule has 1 aromatic carbocycles. The molecule has 3 rings (SSSR count). The summed E-state index contributed by atoms with van der Waals surface area (Å²) < 4.78 is 11.2. The molecule has 1 atom stereocenters. The van der Waals surface area contributed by atoms with E-state index in [-0.39, 0.29) is 18.6 Å². The number of H-pyrrole nitrogens is 1. The van der Waals surface area contributed by atoms with Crippen LogP contribution < -0.4 is 4.74 Å². The molecule has 0 spiro atoms. The highest BCUT2D eigenvalue weighted by Crippen LogP contribution is 2.19. The summed E-state index contributed by atoms with van der Waals surface area (Å²) in [4.78, 5) is 18.3. The second-order valence-electron chi connectivity index (χ2n) is 5.75. The van der Waals surface area contributed by atoms with Crippen LogP contribution in [0.2, 0.25) is 0 Å². The molecule has 0 unspecified atom stereocenters. The SMILES string of the molecule is Cc1nc([C@H]2CN(C(=O)COc3ccc(CC#N)cc3)CCO2)n[nH]1. The van der Waals surface area contributed by atoms with Gasteiger partial charge < -0.3 is 14.4 Å². The lowest BCUT2D eigenvalue weighted by Gasteiger charge is -2.31. The maximum atomic E-state index is 12.4. The fourth-order valence-electron chi connectivity index (χ4n) is 2.57. The number of aromatic amines is 1. The molecule has 1 aliphatic heterocycles. The van der Waals surface area contributed by atoms with Gasteiger partial charge in [-0.25, -0.2) is 4.98 Å². The van der Waals surface area contributed by atoms with Gasteiger partial charge in [-0.05, 0) is 24.6 Å². The number of aryl methyl sites for hydroxylation is 1. The average molecular weight is 341 g/mol. The van der Waals surface area contributed by atoms with Gasteiger partial charge in [0.1, 0.15) is 17.7 Å². The van der Waals surface area contributed by atoms with Crippen molar-refractivity contribution in [3.63, 3.8) is 0 Å². The van der Waals surface area contributed by atoms with E-state index in [0.29, 0.717) is 43.5 Å². The predicted molar refractivity (Wildman–Crippen MR) is 87.6 cm³/mol. The second-order valence-corrected chi connectivity index (χ2v) is 5.75. The number of ether oxygens (including phenoxy) is 2. The van der Waals surface area contributed by atoms with Gasteiger partial charge in [0.05, 0.1) is 25.6 Å². The van der Waals surface area contributed by atoms with Crippen molar-refractivity contribution in [3.05, 3.63) is 41.5 Å². The topological polar surface area (TPSA) is 104 Å². The Hall–Kier alpha value is -2.92. The van der Waals surface area contributed by atoms with Gasteiger partial charge in [0, 0.05) is 6.54 Å². The molecule has 1 aromatic heterocycles. The number of amides is 1. The van der Waals surface area contributed by atoms with E-state index >= 15 is 0 Å². The number of rotatable bonds is 5. The standard InChI is InChI=1S/C17H19N5O3/c1-12-19-17(21-20-12)15-10-22(8-9-24-15)16(23)11-25-14-4-2-13(3-5-14)6-7-18/h2-5,15H,6,8-11H2,1H3,(H,19,20,21)/t15-/m1/s1. The molecule has 1 amide bonds. The summed E-state index contributed by atoms with van der Waals surface area (Å²) >= 11 is 0. The number of nitrogens with zero attached hydrogens (tertiary/aromatic N) is 4. The lowest BCUT2D eigenvalue weighted by Crippen LogP contribution is -2.44. The number of morpholine rings is 1. The van der Waals surface area contributed by atoms with Gasteiger partial charge >= 0.3 is 0 Å². The number of carbonyl (C=O) groups excluding carboxylic acids is 1. The molecule has 8 nitrogen and oxygen atoms in total. The fraction of sp³-hybridized carbons (Fsp3) is 0.412. The van der Waals surface area contributed by atoms with Gasteiger partial charge in [-0.15, -0.1) is 0 Å². The van der Waals surface area contributed by atoms with Crippen LogP contribution in [0.3, 0.4) is 0 Å². The fourth-order valence-corrected chi connectivity index (χ4v) is 2.57. The van der Waals surface area contributed by atoms with Gasteiger partial charge in [-0.3, -0.25) is 9.89 Å². The van der Waals surface area contributed by atoms with E-state index < -0.39 is 0 Å². The minimum absolute atomic E-state index is 0.0443. The summed E-state index contributed by atoms with van der Waals surface area (Å²) in [6, 6.07) is 9.25. The minimum Gasteiger partial charge on any atom is -0.484 e. The number of benzene rings is 1. The Morgan fingerprint density at radius 3 is 2.96 bits per heavy atom. The molecule has 8 heteroatoms. The van der Waals surface area contributed by atoms with E-state index in [1.165, 1.54) is 0 Å². The highest BCUT2D eigenvalue weighted by Gasteiger charge is 2.28. The second kappa shape index (κ2) is 7.77. The maximum absolute atomic E-state index is 12.4. The van der Waals surface area contributed by atoms with Gasteiger partial charge in [-0.1, -0.05) is 12.1 Å². The van der Waals surface area contributed by atoms with Gasteiger partial charge in [0.25, 0.3) is 5.91 Å². The highest BCUT2D eigenvalue weighted by molar-refractivity contribution is 5.77. The summed E-state index contributed by atoms with van der Waals surface area (Å²) in [5.41, 5.74) is 0.916. The summed E-state index contributed by atoms with van der Waals surface area (Å²) in [7, 11) is 0. The monoisotopic (exact) mass is 341 g/mol. The van der Waals surface area contributed by atoms with Crippen molar-refractivity contribution < 1.29 is 14.3 Å². The maximum Gasteiger partial charge on any atom is 0.260 e. The first-order chi connectivity index (χ1) is 12.2. The van der Waals surface area contributed by atoms with E-state index in [1.807, 2.05) is 19.1 Å². The molecule has 0 aliphatic carbocycles. The molecule has 0 radical (unpaired) electrons. The van der Waals surface area contributed by atoms with Gasteiger partial charge in [0.2, 0.25) is 0 Å². The van der Waals surface area contributed by atoms with Crippen LogP contribution in [0, 0.1) is 18.3 Å². The minimum atomic E-state index is -0.326. The highest BCUT2D eigenvalue weighted by atomic mass is 16.5. The molecule has 25 heavy (non-hydrogen) atoms. The zero-order valence-electron chi connectivity index (χ0n) is 13.9. The zero-order chi connectivity index (χ0) is 17.6.